The van der Waals surface area contributed by atoms with Gasteiger partial charge in [-0.1, -0.05) is 0 Å². The molecule has 0 radical (unpaired) electrons. The largest absolute Gasteiger partial charge is 0.356 e. The highest BCUT2D eigenvalue weighted by atomic mass is 16.2. The monoisotopic (exact) mass is 360 g/mol. The normalized spacial score (nSPS) is 20.6. The van der Waals surface area contributed by atoms with Crippen molar-refractivity contribution in [1.29, 1.82) is 0 Å². The summed E-state index contributed by atoms with van der Waals surface area (Å²) in [7, 11) is 0. The maximum Gasteiger partial charge on any atom is 0.274 e. The number of amides is 1. The Bertz CT molecular complexity index is 1000. The minimum absolute atomic E-state index is 0.0638. The summed E-state index contributed by atoms with van der Waals surface area (Å²) in [5, 5.41) is 0. The highest BCUT2D eigenvalue weighted by Gasteiger charge is 2.50. The van der Waals surface area contributed by atoms with Crippen LogP contribution in [0.1, 0.15) is 29.5 Å². The number of likely N-dealkylation sites (N-methyl/N-ethyl adjacent to an activating group) is 1. The maximum absolute atomic E-state index is 12.9. The number of hydrogen-bond acceptors (Lipinski definition) is 5. The standard InChI is InChI=1S/C20H20N6O/c1-2-26-16-5-3-8-23-18(16)25-11-4-6-17(25)20(26)7-12-24(14-20)19(27)15-13-21-9-10-22-15/h3-6,8-11,13H,2,7,12,14H2,1H3/t20-/m0/s1. The van der Waals surface area contributed by atoms with Crippen molar-refractivity contribution in [3.8, 4) is 5.82 Å². The number of pyridine rings is 1. The zero-order chi connectivity index (χ0) is 18.4. The summed E-state index contributed by atoms with van der Waals surface area (Å²) < 4.78 is 2.16. The highest BCUT2D eigenvalue weighted by molar-refractivity contribution is 5.92. The molecule has 1 amide bonds. The number of aromatic nitrogens is 4. The fourth-order valence-corrected chi connectivity index (χ4v) is 4.54. The maximum atomic E-state index is 12.9. The van der Waals surface area contributed by atoms with Crippen molar-refractivity contribution in [2.24, 2.45) is 0 Å². The molecular weight excluding hydrogens is 340 g/mol. The van der Waals surface area contributed by atoms with Crippen LogP contribution in [0, 0.1) is 0 Å². The van der Waals surface area contributed by atoms with Crippen LogP contribution in [-0.4, -0.2) is 50.0 Å². The molecule has 136 valence electrons. The molecule has 1 spiro atoms. The van der Waals surface area contributed by atoms with Crippen LogP contribution >= 0.6 is 0 Å². The van der Waals surface area contributed by atoms with E-state index in [9.17, 15) is 4.79 Å². The Morgan fingerprint density at radius 3 is 2.93 bits per heavy atom. The van der Waals surface area contributed by atoms with Crippen LogP contribution < -0.4 is 4.90 Å². The molecule has 3 aromatic rings. The predicted molar refractivity (Wildman–Crippen MR) is 101 cm³/mol. The third-order valence-corrected chi connectivity index (χ3v) is 5.66. The molecule has 0 aromatic carbocycles. The molecule has 2 aliphatic rings. The summed E-state index contributed by atoms with van der Waals surface area (Å²) in [5.74, 6) is 0.884. The Hall–Kier alpha value is -3.22. The molecule has 0 unspecified atom stereocenters. The number of fused-ring (bicyclic) bond motifs is 4. The van der Waals surface area contributed by atoms with Crippen molar-refractivity contribution in [2.75, 3.05) is 24.5 Å². The van der Waals surface area contributed by atoms with Gasteiger partial charge in [-0.3, -0.25) is 9.78 Å². The van der Waals surface area contributed by atoms with E-state index in [1.807, 2.05) is 17.2 Å². The quantitative estimate of drug-likeness (QED) is 0.701. The van der Waals surface area contributed by atoms with Gasteiger partial charge < -0.3 is 14.4 Å². The van der Waals surface area contributed by atoms with Gasteiger partial charge in [-0.25, -0.2) is 9.97 Å². The molecule has 0 bridgehead atoms. The van der Waals surface area contributed by atoms with Crippen LogP contribution in [0.5, 0.6) is 0 Å². The first kappa shape index (κ1) is 16.0. The summed E-state index contributed by atoms with van der Waals surface area (Å²) in [5.41, 5.74) is 2.43. The molecule has 1 atom stereocenters. The van der Waals surface area contributed by atoms with Crippen LogP contribution in [-0.2, 0) is 5.54 Å². The van der Waals surface area contributed by atoms with Gasteiger partial charge in [-0.2, -0.15) is 0 Å². The van der Waals surface area contributed by atoms with Crippen molar-refractivity contribution >= 4 is 11.6 Å². The van der Waals surface area contributed by atoms with Crippen LogP contribution in [0.15, 0.2) is 55.2 Å². The summed E-state index contributed by atoms with van der Waals surface area (Å²) in [6.07, 6.45) is 9.43. The summed E-state index contributed by atoms with van der Waals surface area (Å²) in [6.45, 7) is 4.31. The number of likely N-dealkylation sites (tertiary alicyclic amines) is 1. The number of nitrogens with zero attached hydrogens (tertiary/aromatic N) is 6. The highest BCUT2D eigenvalue weighted by Crippen LogP contribution is 2.46. The van der Waals surface area contributed by atoms with Crippen molar-refractivity contribution in [1.82, 2.24) is 24.4 Å². The van der Waals surface area contributed by atoms with Crippen LogP contribution in [0.3, 0.4) is 0 Å². The lowest BCUT2D eigenvalue weighted by molar-refractivity contribution is 0.0776. The van der Waals surface area contributed by atoms with E-state index in [1.54, 1.807) is 12.4 Å². The lowest BCUT2D eigenvalue weighted by Crippen LogP contribution is -2.52. The SMILES string of the molecule is CCN1c2cccnc2-n2cccc2[C@@]12CCN(C(=O)c1cnccn1)C2. The summed E-state index contributed by atoms with van der Waals surface area (Å²) >= 11 is 0. The number of carbonyl (C=O) groups excluding carboxylic acids is 1. The Morgan fingerprint density at radius 2 is 2.11 bits per heavy atom. The zero-order valence-electron chi connectivity index (χ0n) is 15.1. The first-order valence-electron chi connectivity index (χ1n) is 9.21. The zero-order valence-corrected chi connectivity index (χ0v) is 15.1. The van der Waals surface area contributed by atoms with E-state index in [2.05, 4.69) is 55.7 Å². The van der Waals surface area contributed by atoms with E-state index in [0.717, 1.165) is 24.5 Å². The van der Waals surface area contributed by atoms with Crippen LogP contribution in [0.2, 0.25) is 0 Å². The number of carbonyl (C=O) groups is 1. The number of rotatable bonds is 2. The molecule has 0 saturated carbocycles. The first-order valence-corrected chi connectivity index (χ1v) is 9.21. The van der Waals surface area contributed by atoms with Gasteiger partial charge in [0, 0.05) is 44.4 Å². The molecule has 7 nitrogen and oxygen atoms in total. The molecule has 0 aliphatic carbocycles. The van der Waals surface area contributed by atoms with Gasteiger partial charge in [0.25, 0.3) is 5.91 Å². The van der Waals surface area contributed by atoms with Gasteiger partial charge in [-0.05, 0) is 37.6 Å². The van der Waals surface area contributed by atoms with Crippen molar-refractivity contribution in [3.05, 3.63) is 66.6 Å². The van der Waals surface area contributed by atoms with Gasteiger partial charge in [0.1, 0.15) is 11.2 Å². The summed E-state index contributed by atoms with van der Waals surface area (Å²) in [6, 6.07) is 8.29. The Kier molecular flexibility index (Phi) is 3.50. The van der Waals surface area contributed by atoms with Gasteiger partial charge in [0.05, 0.1) is 17.6 Å². The molecule has 0 N–H and O–H groups in total. The van der Waals surface area contributed by atoms with Gasteiger partial charge >= 0.3 is 0 Å². The molecule has 5 rings (SSSR count). The average Bonchev–Trinajstić information content (AvgIpc) is 3.37. The van der Waals surface area contributed by atoms with E-state index in [4.69, 9.17) is 0 Å². The summed E-state index contributed by atoms with van der Waals surface area (Å²) in [4.78, 5) is 30.1. The Labute approximate surface area is 157 Å². The second-order valence-corrected chi connectivity index (χ2v) is 6.95. The minimum Gasteiger partial charge on any atom is -0.356 e. The lowest BCUT2D eigenvalue weighted by Gasteiger charge is -2.46. The van der Waals surface area contributed by atoms with E-state index >= 15 is 0 Å². The van der Waals surface area contributed by atoms with E-state index < -0.39 is 0 Å². The molecular formula is C20H20N6O. The van der Waals surface area contributed by atoms with Crippen molar-refractivity contribution in [2.45, 2.75) is 18.9 Å². The Morgan fingerprint density at radius 1 is 1.19 bits per heavy atom. The molecule has 1 fully saturated rings. The van der Waals surface area contributed by atoms with E-state index in [0.29, 0.717) is 18.8 Å². The van der Waals surface area contributed by atoms with Gasteiger partial charge in [-0.15, -0.1) is 0 Å². The number of hydrogen-bond donors (Lipinski definition) is 0. The molecule has 3 aromatic heterocycles. The van der Waals surface area contributed by atoms with Crippen LogP contribution in [0.25, 0.3) is 5.82 Å². The van der Waals surface area contributed by atoms with Crippen molar-refractivity contribution in [3.63, 3.8) is 0 Å². The fraction of sp³-hybridized carbons (Fsp3) is 0.300. The Balaban J connectivity index is 1.58. The predicted octanol–water partition coefficient (Wildman–Crippen LogP) is 2.24. The van der Waals surface area contributed by atoms with Crippen LogP contribution in [0.4, 0.5) is 5.69 Å². The third-order valence-electron chi connectivity index (χ3n) is 5.66. The van der Waals surface area contributed by atoms with Gasteiger partial charge in [0.15, 0.2) is 5.82 Å². The number of anilines is 1. The van der Waals surface area contributed by atoms with Crippen molar-refractivity contribution < 1.29 is 4.79 Å². The fourth-order valence-electron chi connectivity index (χ4n) is 4.54. The smallest absolute Gasteiger partial charge is 0.274 e. The average molecular weight is 360 g/mol. The van der Waals surface area contributed by atoms with E-state index in [-0.39, 0.29) is 11.4 Å². The third kappa shape index (κ3) is 2.21. The van der Waals surface area contributed by atoms with Gasteiger partial charge in [0.2, 0.25) is 0 Å². The molecule has 1 saturated heterocycles. The molecule has 7 heteroatoms. The molecule has 27 heavy (non-hydrogen) atoms. The lowest BCUT2D eigenvalue weighted by atomic mass is 9.89. The second-order valence-electron chi connectivity index (χ2n) is 6.95. The second kappa shape index (κ2) is 5.90. The topological polar surface area (TPSA) is 67.2 Å². The first-order chi connectivity index (χ1) is 13.2. The van der Waals surface area contributed by atoms with E-state index in [1.165, 1.54) is 11.9 Å². The molecule has 2 aliphatic heterocycles. The minimum atomic E-state index is -0.258. The molecule has 5 heterocycles.